The summed E-state index contributed by atoms with van der Waals surface area (Å²) in [5, 5.41) is 8.76. The fraction of sp³-hybridized carbons (Fsp3) is 0.424. The van der Waals surface area contributed by atoms with Crippen molar-refractivity contribution in [2.45, 2.75) is 252 Å². The molecule has 564 valence electrons. The van der Waals surface area contributed by atoms with Crippen molar-refractivity contribution in [3.63, 3.8) is 0 Å². The van der Waals surface area contributed by atoms with Gasteiger partial charge < -0.3 is 30.2 Å². The zero-order valence-electron chi connectivity index (χ0n) is 65.1. The summed E-state index contributed by atoms with van der Waals surface area (Å²) in [5.74, 6) is 37.1. The number of nitrogens with one attached hydrogen (secondary N) is 3. The first-order valence-corrected chi connectivity index (χ1v) is 40.9. The van der Waals surface area contributed by atoms with Gasteiger partial charge in [0, 0.05) is 67.1 Å². The standard InChI is InChI=1S/C99H117N3O6/c1-4-7-10-13-16-19-22-25-28-31-34-43-76-106-94-70-58-85(59-71-94)49-40-37-46-82-52-64-91(65-53-82)100-97(103)88-79-89(98(104)101-92-66-54-83(55-67-92)47-38-41-50-86-60-72-95(73-61-86)107-77-44-35-32-29-26-23-20-17-14-11-8-5-2)81-90(80-88)99(105)102-93-68-56-84(57-69-93)48-39-42-51-87-62-74-96(75-63-87)108-78-45-36-33-30-27-24-21-18-15-12-9-6-3/h52-75,79-81H,4-36,43-45,76-78H2,1-3H3,(H,100,103)(H,101,104)(H,102,105). The molecule has 0 unspecified atom stereocenters. The van der Waals surface area contributed by atoms with Crippen LogP contribution in [-0.4, -0.2) is 37.5 Å². The van der Waals surface area contributed by atoms with Crippen LogP contribution in [0.1, 0.15) is 316 Å². The van der Waals surface area contributed by atoms with Crippen LogP contribution in [-0.2, 0) is 0 Å². The van der Waals surface area contributed by atoms with Crippen molar-refractivity contribution >= 4 is 34.8 Å². The van der Waals surface area contributed by atoms with Gasteiger partial charge in [-0.15, -0.1) is 0 Å². The molecule has 9 nitrogen and oxygen atoms in total. The van der Waals surface area contributed by atoms with Gasteiger partial charge in [-0.25, -0.2) is 0 Å². The van der Waals surface area contributed by atoms with Crippen LogP contribution >= 0.6 is 0 Å². The minimum atomic E-state index is -0.529. The van der Waals surface area contributed by atoms with Gasteiger partial charge in [-0.1, -0.05) is 268 Å². The van der Waals surface area contributed by atoms with Crippen molar-refractivity contribution in [3.05, 3.63) is 214 Å². The molecule has 0 aliphatic rings. The predicted molar refractivity (Wildman–Crippen MR) is 450 cm³/mol. The van der Waals surface area contributed by atoms with Crippen LogP contribution in [0.2, 0.25) is 0 Å². The molecule has 0 spiro atoms. The third-order valence-electron chi connectivity index (χ3n) is 18.9. The van der Waals surface area contributed by atoms with Crippen LogP contribution in [0, 0.1) is 71.0 Å². The number of benzene rings is 7. The molecule has 0 aliphatic carbocycles. The molecular formula is C99H117N3O6. The summed E-state index contributed by atoms with van der Waals surface area (Å²) in [6, 6.07) is 48.9. The van der Waals surface area contributed by atoms with Crippen molar-refractivity contribution in [2.24, 2.45) is 0 Å². The fourth-order valence-corrected chi connectivity index (χ4v) is 12.5. The van der Waals surface area contributed by atoms with Gasteiger partial charge in [0.1, 0.15) is 17.2 Å². The van der Waals surface area contributed by atoms with E-state index in [4.69, 9.17) is 14.2 Å². The number of unbranched alkanes of at least 4 members (excludes halogenated alkanes) is 33. The molecule has 0 bridgehead atoms. The maximum absolute atomic E-state index is 14.1. The first-order chi connectivity index (χ1) is 53.2. The van der Waals surface area contributed by atoms with Gasteiger partial charge in [0.2, 0.25) is 0 Å². The first-order valence-electron chi connectivity index (χ1n) is 40.9. The van der Waals surface area contributed by atoms with Crippen molar-refractivity contribution in [1.29, 1.82) is 0 Å². The van der Waals surface area contributed by atoms with Crippen LogP contribution < -0.4 is 30.2 Å². The van der Waals surface area contributed by atoms with E-state index in [1.54, 1.807) is 72.8 Å². The molecule has 3 amide bonds. The summed E-state index contributed by atoms with van der Waals surface area (Å²) < 4.78 is 18.0. The number of hydrogen-bond acceptors (Lipinski definition) is 6. The molecule has 0 radical (unpaired) electrons. The summed E-state index contributed by atoms with van der Waals surface area (Å²) in [6.07, 6.45) is 47.2. The zero-order chi connectivity index (χ0) is 75.8. The van der Waals surface area contributed by atoms with E-state index in [1.165, 1.54) is 230 Å². The minimum Gasteiger partial charge on any atom is -0.494 e. The van der Waals surface area contributed by atoms with Gasteiger partial charge in [-0.05, 0) is 219 Å². The number of carbonyl (C=O) groups is 3. The topological polar surface area (TPSA) is 115 Å². The van der Waals surface area contributed by atoms with E-state index in [1.807, 2.05) is 72.8 Å². The molecule has 7 rings (SSSR count). The maximum Gasteiger partial charge on any atom is 0.255 e. The Morgan fingerprint density at radius 2 is 0.398 bits per heavy atom. The Hall–Kier alpha value is -10.3. The van der Waals surface area contributed by atoms with E-state index >= 15 is 0 Å². The van der Waals surface area contributed by atoms with Gasteiger partial charge in [-0.3, -0.25) is 14.4 Å². The van der Waals surface area contributed by atoms with E-state index in [0.717, 1.165) is 53.2 Å². The van der Waals surface area contributed by atoms with Crippen LogP contribution in [0.5, 0.6) is 17.2 Å². The monoisotopic (exact) mass is 1440 g/mol. The summed E-state index contributed by atoms with van der Waals surface area (Å²) >= 11 is 0. The predicted octanol–water partition coefficient (Wildman–Crippen LogP) is 24.9. The lowest BCUT2D eigenvalue weighted by Gasteiger charge is -2.12. The second-order valence-corrected chi connectivity index (χ2v) is 28.2. The Labute approximate surface area is 649 Å². The number of anilines is 3. The summed E-state index contributed by atoms with van der Waals surface area (Å²) in [5.41, 5.74) is 6.35. The third-order valence-corrected chi connectivity index (χ3v) is 18.9. The fourth-order valence-electron chi connectivity index (χ4n) is 12.5. The SMILES string of the molecule is CCCCCCCCCCCCCCOc1ccc(C#CC#Cc2ccc(NC(=O)c3cc(C(=O)Nc4ccc(C#CC#Cc5ccc(OCCCCCCCCCCCCCC)cc5)cc4)cc(C(=O)Nc4ccc(C#CC#Cc5ccc(OCCCCCCCCCCCCCC)cc5)cc4)c3)cc2)cc1. The second kappa shape index (κ2) is 54.3. The quantitative estimate of drug-likeness (QED) is 0.0259. The van der Waals surface area contributed by atoms with Gasteiger partial charge in [0.25, 0.3) is 17.7 Å². The van der Waals surface area contributed by atoms with E-state index < -0.39 is 17.7 Å². The van der Waals surface area contributed by atoms with Crippen molar-refractivity contribution in [3.8, 4) is 88.3 Å². The molecule has 108 heavy (non-hydrogen) atoms. The summed E-state index contributed by atoms with van der Waals surface area (Å²) in [6.45, 7) is 8.94. The van der Waals surface area contributed by atoms with E-state index in [0.29, 0.717) is 53.6 Å². The summed E-state index contributed by atoms with van der Waals surface area (Å²) in [4.78, 5) is 42.3. The maximum atomic E-state index is 14.1. The van der Waals surface area contributed by atoms with Gasteiger partial charge in [0.05, 0.1) is 19.8 Å². The molecule has 3 N–H and O–H groups in total. The molecule has 0 fully saturated rings. The van der Waals surface area contributed by atoms with Crippen LogP contribution in [0.3, 0.4) is 0 Å². The normalized spacial score (nSPS) is 10.4. The largest absolute Gasteiger partial charge is 0.494 e. The molecule has 7 aromatic rings. The molecule has 0 atom stereocenters. The third kappa shape index (κ3) is 37.3. The van der Waals surface area contributed by atoms with E-state index in [9.17, 15) is 14.4 Å². The lowest BCUT2D eigenvalue weighted by Crippen LogP contribution is -2.19. The highest BCUT2D eigenvalue weighted by Gasteiger charge is 2.18. The number of carbonyl (C=O) groups excluding carboxylic acids is 3. The molecule has 0 aromatic heterocycles. The molecule has 0 aliphatic heterocycles. The molecule has 0 saturated carbocycles. The number of ether oxygens (including phenoxy) is 3. The number of rotatable bonds is 48. The van der Waals surface area contributed by atoms with Crippen LogP contribution in [0.25, 0.3) is 0 Å². The highest BCUT2D eigenvalue weighted by Crippen LogP contribution is 2.23. The van der Waals surface area contributed by atoms with Crippen molar-refractivity contribution in [2.75, 3.05) is 35.8 Å². The van der Waals surface area contributed by atoms with E-state index in [2.05, 4.69) is 108 Å². The highest BCUT2D eigenvalue weighted by molar-refractivity contribution is 6.13. The zero-order valence-corrected chi connectivity index (χ0v) is 65.1. The average Bonchev–Trinajstić information content (AvgIpc) is 0.814. The smallest absolute Gasteiger partial charge is 0.255 e. The second-order valence-electron chi connectivity index (χ2n) is 28.2. The molecule has 0 heterocycles. The van der Waals surface area contributed by atoms with Crippen LogP contribution in [0.4, 0.5) is 17.1 Å². The van der Waals surface area contributed by atoms with Gasteiger partial charge in [0.15, 0.2) is 0 Å². The molecule has 7 aromatic carbocycles. The Kier molecular flexibility index (Phi) is 42.7. The Bertz CT molecular complexity index is 3700. The lowest BCUT2D eigenvalue weighted by molar-refractivity contribution is 0.102. The average molecular weight is 1450 g/mol. The molecule has 0 saturated heterocycles. The first kappa shape index (κ1) is 85.0. The Balaban J connectivity index is 0.902. The molecule has 9 heteroatoms. The van der Waals surface area contributed by atoms with Crippen molar-refractivity contribution in [1.82, 2.24) is 0 Å². The number of amides is 3. The van der Waals surface area contributed by atoms with E-state index in [-0.39, 0.29) is 16.7 Å². The van der Waals surface area contributed by atoms with Gasteiger partial charge >= 0.3 is 0 Å². The Morgan fingerprint density at radius 1 is 0.231 bits per heavy atom. The highest BCUT2D eigenvalue weighted by atomic mass is 16.5. The summed E-state index contributed by atoms with van der Waals surface area (Å²) in [7, 11) is 0. The van der Waals surface area contributed by atoms with Crippen molar-refractivity contribution < 1.29 is 28.6 Å². The minimum absolute atomic E-state index is 0.0909. The molecular weight excluding hydrogens is 1330 g/mol. The lowest BCUT2D eigenvalue weighted by atomic mass is 10.0. The van der Waals surface area contributed by atoms with Gasteiger partial charge in [-0.2, -0.15) is 0 Å². The number of hydrogen-bond donors (Lipinski definition) is 3. The Morgan fingerprint density at radius 3 is 0.583 bits per heavy atom. The van der Waals surface area contributed by atoms with Crippen LogP contribution in [0.15, 0.2) is 164 Å².